The van der Waals surface area contributed by atoms with Crippen molar-refractivity contribution in [3.63, 3.8) is 0 Å². The zero-order valence-corrected chi connectivity index (χ0v) is 14.1. The lowest BCUT2D eigenvalue weighted by Crippen LogP contribution is -2.06. The summed E-state index contributed by atoms with van der Waals surface area (Å²) < 4.78 is 98.1. The molecule has 142 valence electrons. The summed E-state index contributed by atoms with van der Waals surface area (Å²) in [4.78, 5) is 8.07. The lowest BCUT2D eigenvalue weighted by Gasteiger charge is -2.16. The second kappa shape index (κ2) is 7.45. The fraction of sp³-hybridized carbons (Fsp3) is 0.263. The second-order valence-electron chi connectivity index (χ2n) is 5.48. The summed E-state index contributed by atoms with van der Waals surface area (Å²) in [6.45, 7) is 1.64. The minimum absolute atomic E-state index is 0.0130. The zero-order valence-electron chi connectivity index (χ0n) is 25.1. The van der Waals surface area contributed by atoms with Crippen LogP contribution in [0.4, 0.5) is 17.5 Å². The maximum Gasteiger partial charge on any atom is 0.222 e. The van der Waals surface area contributed by atoms with Gasteiger partial charge in [0.15, 0.2) is 11.5 Å². The average Bonchev–Trinajstić information content (AvgIpc) is 2.72. The van der Waals surface area contributed by atoms with Crippen LogP contribution in [0.15, 0.2) is 24.2 Å². The minimum Gasteiger partial charge on any atom is -0.493 e. The Hall–Kier alpha value is -3.42. The van der Waals surface area contributed by atoms with Gasteiger partial charge in [0.1, 0.15) is 5.82 Å². The molecule has 0 atom stereocenters. The Morgan fingerprint density at radius 2 is 1.78 bits per heavy atom. The summed E-state index contributed by atoms with van der Waals surface area (Å²) in [5.41, 5.74) is 12.9. The van der Waals surface area contributed by atoms with Gasteiger partial charge in [-0.2, -0.15) is 4.98 Å². The molecule has 0 radical (unpaired) electrons. The molecule has 3 rings (SSSR count). The number of aromatic nitrogens is 2. The van der Waals surface area contributed by atoms with Crippen LogP contribution in [-0.4, -0.2) is 31.1 Å². The van der Waals surface area contributed by atoms with E-state index in [9.17, 15) is 0 Å². The van der Waals surface area contributed by atoms with Crippen molar-refractivity contribution < 1.29 is 29.3 Å². The largest absolute Gasteiger partial charge is 0.493 e. The normalized spacial score (nSPS) is 18.0. The fourth-order valence-electron chi connectivity index (χ4n) is 2.66. The summed E-state index contributed by atoms with van der Waals surface area (Å²) >= 11 is 0. The Morgan fingerprint density at radius 3 is 2.44 bits per heavy atom. The second-order valence-corrected chi connectivity index (χ2v) is 5.48. The third-order valence-electron chi connectivity index (χ3n) is 3.93. The number of nitrogen functional groups attached to an aromatic ring is 2. The fourth-order valence-corrected chi connectivity index (χ4v) is 2.66. The number of hydrogen-bond acceptors (Lipinski definition) is 8. The van der Waals surface area contributed by atoms with E-state index in [2.05, 4.69) is 15.3 Å². The van der Waals surface area contributed by atoms with Crippen molar-refractivity contribution in [2.75, 3.05) is 37.9 Å². The molecular formula is C19H23N5O3. The molecule has 0 bridgehead atoms. The van der Waals surface area contributed by atoms with E-state index in [1.54, 1.807) is 19.1 Å². The topological polar surface area (TPSA) is 118 Å². The van der Waals surface area contributed by atoms with E-state index in [-0.39, 0.29) is 18.3 Å². The molecular weight excluding hydrogens is 346 g/mol. The monoisotopic (exact) mass is 380 g/mol. The number of anilines is 3. The molecule has 0 aliphatic carbocycles. The van der Waals surface area contributed by atoms with Crippen molar-refractivity contribution in [1.82, 2.24) is 9.97 Å². The van der Waals surface area contributed by atoms with Gasteiger partial charge in [-0.25, -0.2) is 4.98 Å². The van der Waals surface area contributed by atoms with E-state index < -0.39 is 56.1 Å². The zero-order chi connectivity index (χ0) is 28.8. The van der Waals surface area contributed by atoms with Crippen molar-refractivity contribution in [3.05, 3.63) is 35.3 Å². The van der Waals surface area contributed by atoms with E-state index in [1.807, 2.05) is 0 Å². The lowest BCUT2D eigenvalue weighted by molar-refractivity contribution is 0.324. The van der Waals surface area contributed by atoms with Crippen LogP contribution in [0.3, 0.4) is 0 Å². The Balaban J connectivity index is 2.17. The Bertz CT molecular complexity index is 1330. The molecule has 8 heteroatoms. The minimum atomic E-state index is -3.23. The molecule has 0 spiro atoms. The van der Waals surface area contributed by atoms with Crippen molar-refractivity contribution in [3.8, 4) is 17.2 Å². The van der Waals surface area contributed by atoms with E-state index in [0.29, 0.717) is 22.0 Å². The van der Waals surface area contributed by atoms with Crippen LogP contribution in [0.1, 0.15) is 26.2 Å². The predicted octanol–water partition coefficient (Wildman–Crippen LogP) is 2.74. The molecule has 0 fully saturated rings. The molecule has 3 aromatic rings. The molecule has 1 aromatic heterocycles. The number of benzene rings is 2. The van der Waals surface area contributed by atoms with Gasteiger partial charge in [0.05, 0.1) is 41.7 Å². The van der Waals surface area contributed by atoms with E-state index >= 15 is 0 Å². The standard InChI is InChI=1S/C19H23N5O3/c1-10-11(5-6-13-16(10)18(20)24-19(21)23-13)9-22-12-7-14(25-2)17(27-4)15(8-12)26-3/h5-8,22H,9H2,1-4H3,(H4,20,21,23,24)/i2D3,3D3,4D3,7D,8D. The Morgan fingerprint density at radius 1 is 1.07 bits per heavy atom. The molecule has 0 aliphatic heterocycles. The third kappa shape index (κ3) is 3.46. The molecule has 5 N–H and O–H groups in total. The number of nitrogens with zero attached hydrogens (tertiary/aromatic N) is 2. The molecule has 0 saturated carbocycles. The van der Waals surface area contributed by atoms with Crippen LogP contribution in [0.2, 0.25) is 0 Å². The van der Waals surface area contributed by atoms with Crippen molar-refractivity contribution in [2.24, 2.45) is 0 Å². The van der Waals surface area contributed by atoms with Gasteiger partial charge in [-0.05, 0) is 24.1 Å². The van der Waals surface area contributed by atoms with Crippen LogP contribution < -0.4 is 31.0 Å². The molecule has 0 unspecified atom stereocenters. The molecule has 27 heavy (non-hydrogen) atoms. The molecule has 2 aromatic carbocycles. The Labute approximate surface area is 172 Å². The van der Waals surface area contributed by atoms with Crippen molar-refractivity contribution in [2.45, 2.75) is 13.5 Å². The van der Waals surface area contributed by atoms with Crippen molar-refractivity contribution in [1.29, 1.82) is 0 Å². The molecule has 8 nitrogen and oxygen atoms in total. The number of aryl methyl sites for hydroxylation is 1. The summed E-state index contributed by atoms with van der Waals surface area (Å²) in [7, 11) is -9.63. The van der Waals surface area contributed by atoms with Crippen LogP contribution in [0.25, 0.3) is 10.9 Å². The third-order valence-corrected chi connectivity index (χ3v) is 3.93. The van der Waals surface area contributed by atoms with Gasteiger partial charge in [0.2, 0.25) is 11.7 Å². The van der Waals surface area contributed by atoms with E-state index in [0.717, 1.165) is 0 Å². The molecule has 0 amide bonds. The van der Waals surface area contributed by atoms with Gasteiger partial charge in [0, 0.05) is 29.7 Å². The Kier molecular flexibility index (Phi) is 2.48. The van der Waals surface area contributed by atoms with Gasteiger partial charge in [0.25, 0.3) is 0 Å². The predicted molar refractivity (Wildman–Crippen MR) is 107 cm³/mol. The highest BCUT2D eigenvalue weighted by Crippen LogP contribution is 2.40. The number of nitrogens with one attached hydrogen (secondary N) is 1. The SMILES string of the molecule is [2H]c1c(NCc2ccc3nc(N)nc(N)c3c2C)c([2H])c(OC([2H])([2H])[2H])c(OC([2H])([2H])[2H])c1OC([2H])([2H])[2H]. The first-order valence-electron chi connectivity index (χ1n) is 13.1. The number of rotatable bonds is 6. The summed E-state index contributed by atoms with van der Waals surface area (Å²) in [6.07, 6.45) is 0. The van der Waals surface area contributed by atoms with Gasteiger partial charge >= 0.3 is 0 Å². The van der Waals surface area contributed by atoms with Crippen LogP contribution >= 0.6 is 0 Å². The molecule has 1 heterocycles. The summed E-state index contributed by atoms with van der Waals surface area (Å²) in [5.74, 6) is -2.84. The first-order chi connectivity index (χ1) is 17.3. The quantitative estimate of drug-likeness (QED) is 0.597. The summed E-state index contributed by atoms with van der Waals surface area (Å²) in [6, 6.07) is 1.72. The maximum absolute atomic E-state index is 8.48. The van der Waals surface area contributed by atoms with Crippen LogP contribution in [0, 0.1) is 6.92 Å². The number of methoxy groups -OCH3 is 3. The van der Waals surface area contributed by atoms with Gasteiger partial charge in [-0.1, -0.05) is 6.07 Å². The van der Waals surface area contributed by atoms with E-state index in [4.69, 9.17) is 40.8 Å². The lowest BCUT2D eigenvalue weighted by atomic mass is 10.0. The highest BCUT2D eigenvalue weighted by Gasteiger charge is 2.14. The van der Waals surface area contributed by atoms with Crippen molar-refractivity contribution >= 4 is 28.4 Å². The number of ether oxygens (including phenoxy) is 3. The number of hydrogen-bond donors (Lipinski definition) is 3. The highest BCUT2D eigenvalue weighted by atomic mass is 16.5. The average molecular weight is 380 g/mol. The maximum atomic E-state index is 8.48. The van der Waals surface area contributed by atoms with Gasteiger partial charge < -0.3 is 31.0 Å². The highest BCUT2D eigenvalue weighted by molar-refractivity contribution is 5.92. The first-order valence-corrected chi connectivity index (χ1v) is 7.56. The smallest absolute Gasteiger partial charge is 0.222 e. The first kappa shape index (κ1) is 8.98. The van der Waals surface area contributed by atoms with Crippen LogP contribution in [0.5, 0.6) is 17.2 Å². The van der Waals surface area contributed by atoms with E-state index in [1.165, 1.54) is 0 Å². The van der Waals surface area contributed by atoms with Gasteiger partial charge in [-0.15, -0.1) is 0 Å². The number of nitrogens with two attached hydrogens (primary N) is 2. The molecule has 0 aliphatic rings. The summed E-state index contributed by atoms with van der Waals surface area (Å²) in [5, 5.41) is 3.28. The number of fused-ring (bicyclic) bond motifs is 1. The van der Waals surface area contributed by atoms with Crippen LogP contribution in [-0.2, 0) is 6.54 Å². The van der Waals surface area contributed by atoms with Gasteiger partial charge in [-0.3, -0.25) is 0 Å². The molecule has 0 saturated heterocycles.